The van der Waals surface area contributed by atoms with Crippen LogP contribution in [-0.4, -0.2) is 71.0 Å². The Labute approximate surface area is 229 Å². The topological polar surface area (TPSA) is 165 Å². The highest BCUT2D eigenvalue weighted by molar-refractivity contribution is 6.06. The van der Waals surface area contributed by atoms with Crippen molar-refractivity contribution in [3.8, 4) is 11.5 Å². The number of alkyl halides is 2. The monoisotopic (exact) mass is 565 g/mol. The number of urea groups is 1. The van der Waals surface area contributed by atoms with E-state index in [9.17, 15) is 28.3 Å². The molecular weight excluding hydrogens is 532 g/mol. The van der Waals surface area contributed by atoms with Crippen LogP contribution in [-0.2, 0) is 14.3 Å². The van der Waals surface area contributed by atoms with E-state index in [4.69, 9.17) is 10.5 Å². The van der Waals surface area contributed by atoms with Crippen molar-refractivity contribution in [3.63, 3.8) is 0 Å². The third-order valence-electron chi connectivity index (χ3n) is 6.89. The number of halogens is 2. The molecule has 3 heterocycles. The average Bonchev–Trinajstić information content (AvgIpc) is 3.18. The van der Waals surface area contributed by atoms with E-state index >= 15 is 0 Å². The van der Waals surface area contributed by atoms with Gasteiger partial charge in [-0.15, -0.1) is 8.78 Å². The summed E-state index contributed by atoms with van der Waals surface area (Å²) in [5.74, 6) is -3.55. The van der Waals surface area contributed by atoms with Gasteiger partial charge in [0, 0.05) is 13.2 Å². The van der Waals surface area contributed by atoms with E-state index in [-0.39, 0.29) is 24.5 Å². The number of amidine groups is 1. The van der Waals surface area contributed by atoms with Crippen LogP contribution in [0.25, 0.3) is 0 Å². The summed E-state index contributed by atoms with van der Waals surface area (Å²) in [6.07, 6.45) is -1.39. The van der Waals surface area contributed by atoms with Gasteiger partial charge in [0.15, 0.2) is 17.3 Å². The highest BCUT2D eigenvalue weighted by Crippen LogP contribution is 2.43. The maximum absolute atomic E-state index is 13.4. The van der Waals surface area contributed by atoms with Crippen molar-refractivity contribution in [2.45, 2.75) is 70.7 Å². The number of rotatable bonds is 8. The molecule has 5 atom stereocenters. The Morgan fingerprint density at radius 3 is 2.70 bits per heavy atom. The molecule has 5 unspecified atom stereocenters. The number of aliphatic imine (C=N–C) groups is 1. The number of hydrogen-bond acceptors (Lipinski definition) is 9. The number of fused-ring (bicyclic) bond motifs is 1. The van der Waals surface area contributed by atoms with Crippen LogP contribution >= 0.6 is 0 Å². The van der Waals surface area contributed by atoms with Gasteiger partial charge in [-0.3, -0.25) is 19.5 Å². The molecule has 218 valence electrons. The molecule has 0 radical (unpaired) electrons. The van der Waals surface area contributed by atoms with E-state index < -0.39 is 54.0 Å². The van der Waals surface area contributed by atoms with E-state index in [0.29, 0.717) is 24.4 Å². The lowest BCUT2D eigenvalue weighted by atomic mass is 9.77. The number of nitrogens with two attached hydrogens (primary N) is 1. The minimum absolute atomic E-state index is 0.126. The number of ether oxygens (including phenoxy) is 3. The first-order chi connectivity index (χ1) is 18.7. The predicted octanol–water partition coefficient (Wildman–Crippen LogP) is 1.93. The molecule has 1 fully saturated rings. The summed E-state index contributed by atoms with van der Waals surface area (Å²) in [6.45, 7) is 6.72. The zero-order chi connectivity index (χ0) is 29.4. The summed E-state index contributed by atoms with van der Waals surface area (Å²) in [5.41, 5.74) is 6.83. The van der Waals surface area contributed by atoms with Crippen molar-refractivity contribution < 1.29 is 42.5 Å². The minimum Gasteiger partial charge on any atom is -0.395 e. The Balaban J connectivity index is 1.48. The number of nitrogens with one attached hydrogen (secondary N) is 2. The normalized spacial score (nSPS) is 24.2. The molecule has 40 heavy (non-hydrogen) atoms. The van der Waals surface area contributed by atoms with Crippen LogP contribution in [0.4, 0.5) is 13.6 Å². The Kier molecular flexibility index (Phi) is 8.15. The fourth-order valence-corrected chi connectivity index (χ4v) is 4.93. The second-order valence-electron chi connectivity index (χ2n) is 10.1. The van der Waals surface area contributed by atoms with Crippen molar-refractivity contribution in [2.75, 3.05) is 13.2 Å². The van der Waals surface area contributed by atoms with E-state index in [1.54, 1.807) is 26.8 Å². The molecule has 1 aromatic rings. The smallest absolute Gasteiger partial charge is 0.395 e. The largest absolute Gasteiger partial charge is 0.586 e. The van der Waals surface area contributed by atoms with E-state index in [1.165, 1.54) is 25.1 Å². The molecule has 3 aliphatic rings. The summed E-state index contributed by atoms with van der Waals surface area (Å²) in [7, 11) is 0. The van der Waals surface area contributed by atoms with Crippen molar-refractivity contribution in [1.82, 2.24) is 15.5 Å². The van der Waals surface area contributed by atoms with Crippen LogP contribution in [0.2, 0.25) is 0 Å². The minimum atomic E-state index is -3.78. The SMILES string of the molecule is CCOC(C)(O)C1C(CC2=CC(NC(=O)C(C)N)=NCC2)C(=O)N1C(=O)NC(C)c1ccc2c(c1)OC(F)(F)O2. The Hall–Kier alpha value is -3.62. The number of hydrogen-bond donors (Lipinski definition) is 4. The molecule has 0 aromatic heterocycles. The van der Waals surface area contributed by atoms with Gasteiger partial charge in [0.2, 0.25) is 11.8 Å². The number of amides is 4. The van der Waals surface area contributed by atoms with Crippen LogP contribution in [0, 0.1) is 5.92 Å². The second-order valence-corrected chi connectivity index (χ2v) is 10.1. The number of carbonyl (C=O) groups excluding carboxylic acids is 3. The fraction of sp³-hybridized carbons (Fsp3) is 0.538. The standard InChI is InChI=1S/C26H33F2N5O7/c1-5-38-25(4,37)21-17(10-15-8-9-30-20(11-15)32-22(34)13(2)29)23(35)33(21)24(36)31-14(3)16-6-7-18-19(12-16)40-26(27,28)39-18/h6-7,11-14,17,21,37H,5,8-10,29H2,1-4H3,(H,31,36)(H,30,32,34). The van der Waals surface area contributed by atoms with Crippen LogP contribution < -0.4 is 25.8 Å². The molecule has 3 aliphatic heterocycles. The molecular formula is C26H33F2N5O7. The molecule has 0 bridgehead atoms. The quantitative estimate of drug-likeness (QED) is 0.274. The maximum atomic E-state index is 13.4. The van der Waals surface area contributed by atoms with Gasteiger partial charge >= 0.3 is 12.3 Å². The predicted molar refractivity (Wildman–Crippen MR) is 137 cm³/mol. The van der Waals surface area contributed by atoms with E-state index in [0.717, 1.165) is 10.5 Å². The highest BCUT2D eigenvalue weighted by atomic mass is 19.3. The molecule has 4 amide bonds. The van der Waals surface area contributed by atoms with Gasteiger partial charge in [-0.25, -0.2) is 4.79 Å². The van der Waals surface area contributed by atoms with Crippen molar-refractivity contribution in [3.05, 3.63) is 35.4 Å². The van der Waals surface area contributed by atoms with Crippen LogP contribution in [0.1, 0.15) is 52.1 Å². The van der Waals surface area contributed by atoms with E-state index in [2.05, 4.69) is 25.1 Å². The van der Waals surface area contributed by atoms with Crippen LogP contribution in [0.15, 0.2) is 34.8 Å². The van der Waals surface area contributed by atoms with Gasteiger partial charge in [0.1, 0.15) is 11.9 Å². The van der Waals surface area contributed by atoms with Crippen LogP contribution in [0.5, 0.6) is 11.5 Å². The number of benzene rings is 1. The van der Waals surface area contributed by atoms with Gasteiger partial charge in [0.25, 0.3) is 0 Å². The molecule has 12 nitrogen and oxygen atoms in total. The lowest BCUT2D eigenvalue weighted by molar-refractivity contribution is -0.286. The molecule has 0 spiro atoms. The van der Waals surface area contributed by atoms with Gasteiger partial charge in [-0.1, -0.05) is 11.6 Å². The van der Waals surface area contributed by atoms with Crippen molar-refractivity contribution in [1.29, 1.82) is 0 Å². The van der Waals surface area contributed by atoms with Crippen molar-refractivity contribution in [2.24, 2.45) is 16.6 Å². The zero-order valence-corrected chi connectivity index (χ0v) is 22.6. The number of carbonyl (C=O) groups is 3. The summed E-state index contributed by atoms with van der Waals surface area (Å²) in [6, 6.07) is 0.849. The molecule has 0 aliphatic carbocycles. The third-order valence-corrected chi connectivity index (χ3v) is 6.89. The number of aliphatic hydroxyl groups is 1. The Morgan fingerprint density at radius 1 is 1.32 bits per heavy atom. The van der Waals surface area contributed by atoms with Gasteiger partial charge in [0.05, 0.1) is 18.0 Å². The Morgan fingerprint density at radius 2 is 2.02 bits per heavy atom. The first kappa shape index (κ1) is 29.4. The highest BCUT2D eigenvalue weighted by Gasteiger charge is 2.59. The fourth-order valence-electron chi connectivity index (χ4n) is 4.93. The maximum Gasteiger partial charge on any atom is 0.586 e. The second kappa shape index (κ2) is 11.1. The average molecular weight is 566 g/mol. The summed E-state index contributed by atoms with van der Waals surface area (Å²) in [5, 5.41) is 16.4. The van der Waals surface area contributed by atoms with Gasteiger partial charge < -0.3 is 35.7 Å². The van der Waals surface area contributed by atoms with Gasteiger partial charge in [-0.05, 0) is 64.3 Å². The van der Waals surface area contributed by atoms with E-state index in [1.807, 2.05) is 0 Å². The first-order valence-corrected chi connectivity index (χ1v) is 12.9. The lowest BCUT2D eigenvalue weighted by Crippen LogP contribution is -2.73. The number of imide groups is 1. The lowest BCUT2D eigenvalue weighted by Gasteiger charge is -2.51. The van der Waals surface area contributed by atoms with Gasteiger partial charge in [-0.2, -0.15) is 0 Å². The summed E-state index contributed by atoms with van der Waals surface area (Å²) < 4.78 is 41.2. The summed E-state index contributed by atoms with van der Waals surface area (Å²) in [4.78, 5) is 43.7. The molecule has 0 saturated carbocycles. The number of nitrogens with zero attached hydrogens (tertiary/aromatic N) is 2. The Bertz CT molecular complexity index is 1250. The molecule has 1 saturated heterocycles. The number of likely N-dealkylation sites (tertiary alicyclic amines) is 1. The molecule has 5 N–H and O–H groups in total. The third kappa shape index (κ3) is 6.08. The summed E-state index contributed by atoms with van der Waals surface area (Å²) >= 11 is 0. The zero-order valence-electron chi connectivity index (χ0n) is 22.6. The molecule has 14 heteroatoms. The molecule has 4 rings (SSSR count). The molecule has 1 aromatic carbocycles. The number of β-lactam (4-membered cyclic amide) rings is 1. The van der Waals surface area contributed by atoms with Crippen LogP contribution in [0.3, 0.4) is 0 Å². The first-order valence-electron chi connectivity index (χ1n) is 12.9. The number of dihydropyridines is 1. The van der Waals surface area contributed by atoms with Crippen molar-refractivity contribution >= 4 is 23.7 Å².